The Balaban J connectivity index is 1.68. The standard InChI is InChI=1S/C19H14Cl2N8O2/c1-10-2-4-11(5-3-10)16-15(24-28-29(16)18-17(22)26-31-27-18)19(30)25-23-9-12-6-7-13(20)8-14(12)21/h2-9H,1H3,(H2,22,26)(H,25,30). The molecule has 2 heterocycles. The molecule has 0 saturated heterocycles. The summed E-state index contributed by atoms with van der Waals surface area (Å²) in [5.41, 5.74) is 10.8. The average Bonchev–Trinajstić information content (AvgIpc) is 3.36. The zero-order valence-corrected chi connectivity index (χ0v) is 17.5. The number of hydrogen-bond acceptors (Lipinski definition) is 8. The quantitative estimate of drug-likeness (QED) is 0.347. The highest BCUT2D eigenvalue weighted by Crippen LogP contribution is 2.26. The first-order valence-corrected chi connectivity index (χ1v) is 9.59. The van der Waals surface area contributed by atoms with E-state index in [-0.39, 0.29) is 17.3 Å². The van der Waals surface area contributed by atoms with Gasteiger partial charge >= 0.3 is 0 Å². The molecule has 10 nitrogen and oxygen atoms in total. The third-order valence-electron chi connectivity index (χ3n) is 4.24. The monoisotopic (exact) mass is 456 g/mol. The zero-order chi connectivity index (χ0) is 22.0. The fraction of sp³-hybridized carbons (Fsp3) is 0.0526. The lowest BCUT2D eigenvalue weighted by Crippen LogP contribution is -2.19. The lowest BCUT2D eigenvalue weighted by Gasteiger charge is -2.06. The normalized spacial score (nSPS) is 11.2. The van der Waals surface area contributed by atoms with Gasteiger partial charge in [-0.3, -0.25) is 4.79 Å². The number of amides is 1. The first kappa shape index (κ1) is 20.5. The molecular weight excluding hydrogens is 443 g/mol. The minimum absolute atomic E-state index is 0.000575. The van der Waals surface area contributed by atoms with E-state index in [2.05, 4.69) is 35.8 Å². The van der Waals surface area contributed by atoms with Gasteiger partial charge in [0.15, 0.2) is 5.69 Å². The van der Waals surface area contributed by atoms with Crippen LogP contribution in [-0.2, 0) is 0 Å². The molecule has 0 saturated carbocycles. The van der Waals surface area contributed by atoms with Gasteiger partial charge in [-0.1, -0.05) is 64.3 Å². The number of nitrogens with one attached hydrogen (secondary N) is 1. The predicted molar refractivity (Wildman–Crippen MR) is 115 cm³/mol. The largest absolute Gasteiger partial charge is 0.378 e. The van der Waals surface area contributed by atoms with Crippen molar-refractivity contribution in [2.45, 2.75) is 6.92 Å². The van der Waals surface area contributed by atoms with Crippen LogP contribution in [0.5, 0.6) is 0 Å². The summed E-state index contributed by atoms with van der Waals surface area (Å²) < 4.78 is 5.94. The smallest absolute Gasteiger partial charge is 0.294 e. The van der Waals surface area contributed by atoms with Gasteiger partial charge in [-0.25, -0.2) is 10.1 Å². The molecule has 2 aromatic heterocycles. The maximum atomic E-state index is 12.8. The second-order valence-corrected chi connectivity index (χ2v) is 7.25. The molecule has 31 heavy (non-hydrogen) atoms. The highest BCUT2D eigenvalue weighted by Gasteiger charge is 2.25. The van der Waals surface area contributed by atoms with Gasteiger partial charge in [0.25, 0.3) is 5.91 Å². The van der Waals surface area contributed by atoms with Gasteiger partial charge < -0.3 is 5.73 Å². The molecule has 156 valence electrons. The Morgan fingerprint density at radius 3 is 2.65 bits per heavy atom. The van der Waals surface area contributed by atoms with E-state index in [0.29, 0.717) is 26.9 Å². The molecule has 0 aliphatic rings. The Morgan fingerprint density at radius 1 is 1.19 bits per heavy atom. The highest BCUT2D eigenvalue weighted by atomic mass is 35.5. The third-order valence-corrected chi connectivity index (χ3v) is 4.80. The van der Waals surface area contributed by atoms with Crippen LogP contribution in [0.25, 0.3) is 17.1 Å². The molecule has 2 aromatic carbocycles. The molecule has 0 unspecified atom stereocenters. The van der Waals surface area contributed by atoms with Gasteiger partial charge in [0, 0.05) is 16.1 Å². The number of aryl methyl sites for hydroxylation is 1. The molecule has 0 aliphatic heterocycles. The number of nitrogens with two attached hydrogens (primary N) is 1. The number of carbonyl (C=O) groups is 1. The molecule has 4 aromatic rings. The van der Waals surface area contributed by atoms with E-state index < -0.39 is 5.91 Å². The summed E-state index contributed by atoms with van der Waals surface area (Å²) in [5, 5.41) is 20.1. The van der Waals surface area contributed by atoms with Crippen LogP contribution in [0, 0.1) is 6.92 Å². The van der Waals surface area contributed by atoms with Crippen LogP contribution in [0.15, 0.2) is 52.2 Å². The van der Waals surface area contributed by atoms with E-state index >= 15 is 0 Å². The lowest BCUT2D eigenvalue weighted by molar-refractivity contribution is 0.0950. The summed E-state index contributed by atoms with van der Waals surface area (Å²) in [5.74, 6) is -0.489. The van der Waals surface area contributed by atoms with Crippen LogP contribution in [0.2, 0.25) is 10.0 Å². The van der Waals surface area contributed by atoms with Crippen LogP contribution >= 0.6 is 23.2 Å². The fourth-order valence-electron chi connectivity index (χ4n) is 2.71. The van der Waals surface area contributed by atoms with Gasteiger partial charge in [0.2, 0.25) is 11.6 Å². The summed E-state index contributed by atoms with van der Waals surface area (Å²) in [6.45, 7) is 1.95. The lowest BCUT2D eigenvalue weighted by atomic mass is 10.1. The zero-order valence-electron chi connectivity index (χ0n) is 16.0. The van der Waals surface area contributed by atoms with Crippen molar-refractivity contribution in [2.24, 2.45) is 5.10 Å². The van der Waals surface area contributed by atoms with Crippen LogP contribution in [0.3, 0.4) is 0 Å². The molecule has 0 aliphatic carbocycles. The first-order chi connectivity index (χ1) is 14.9. The molecule has 0 spiro atoms. The summed E-state index contributed by atoms with van der Waals surface area (Å²) in [6, 6.07) is 12.3. The summed E-state index contributed by atoms with van der Waals surface area (Å²) in [7, 11) is 0. The number of aromatic nitrogens is 5. The number of carbonyl (C=O) groups excluding carboxylic acids is 1. The van der Waals surface area contributed by atoms with Crippen LogP contribution in [-0.4, -0.2) is 37.4 Å². The predicted octanol–water partition coefficient (Wildman–Crippen LogP) is 3.28. The molecule has 0 atom stereocenters. The van der Waals surface area contributed by atoms with Crippen molar-refractivity contribution in [3.8, 4) is 17.1 Å². The number of nitrogen functional groups attached to an aromatic ring is 1. The SMILES string of the molecule is Cc1ccc(-c2c(C(=O)NN=Cc3ccc(Cl)cc3Cl)nnn2-c2nonc2N)cc1. The van der Waals surface area contributed by atoms with Crippen molar-refractivity contribution in [3.63, 3.8) is 0 Å². The van der Waals surface area contributed by atoms with Gasteiger partial charge in [0.1, 0.15) is 5.69 Å². The Labute approximate surface area is 185 Å². The molecule has 12 heteroatoms. The first-order valence-electron chi connectivity index (χ1n) is 8.83. The molecule has 0 radical (unpaired) electrons. The van der Waals surface area contributed by atoms with E-state index in [1.807, 2.05) is 31.2 Å². The average molecular weight is 457 g/mol. The maximum absolute atomic E-state index is 12.8. The van der Waals surface area contributed by atoms with Gasteiger partial charge in [-0.2, -0.15) is 9.78 Å². The molecular formula is C19H14Cl2N8O2. The summed E-state index contributed by atoms with van der Waals surface area (Å²) >= 11 is 12.0. The second-order valence-electron chi connectivity index (χ2n) is 6.40. The number of halogens is 2. The highest BCUT2D eigenvalue weighted by molar-refractivity contribution is 6.36. The van der Waals surface area contributed by atoms with Crippen molar-refractivity contribution < 1.29 is 9.42 Å². The molecule has 0 bridgehead atoms. The number of benzene rings is 2. The number of nitrogens with zero attached hydrogens (tertiary/aromatic N) is 6. The van der Waals surface area contributed by atoms with Crippen molar-refractivity contribution in [1.29, 1.82) is 0 Å². The van der Waals surface area contributed by atoms with Crippen LogP contribution in [0.1, 0.15) is 21.6 Å². The van der Waals surface area contributed by atoms with Gasteiger partial charge in [0.05, 0.1) is 11.2 Å². The molecule has 4 rings (SSSR count). The summed E-state index contributed by atoms with van der Waals surface area (Å²) in [4.78, 5) is 12.8. The number of hydrazone groups is 1. The second kappa shape index (κ2) is 8.54. The van der Waals surface area contributed by atoms with E-state index in [0.717, 1.165) is 5.56 Å². The molecule has 1 amide bonds. The van der Waals surface area contributed by atoms with Gasteiger partial charge in [-0.15, -0.1) is 5.10 Å². The van der Waals surface area contributed by atoms with Gasteiger partial charge in [-0.05, 0) is 29.4 Å². The maximum Gasteiger partial charge on any atom is 0.294 e. The number of anilines is 1. The van der Waals surface area contributed by atoms with Crippen molar-refractivity contribution >= 4 is 41.1 Å². The van der Waals surface area contributed by atoms with Crippen molar-refractivity contribution in [3.05, 3.63) is 69.3 Å². The fourth-order valence-corrected chi connectivity index (χ4v) is 3.17. The van der Waals surface area contributed by atoms with Crippen LogP contribution < -0.4 is 11.2 Å². The minimum Gasteiger partial charge on any atom is -0.378 e. The van der Waals surface area contributed by atoms with Crippen molar-refractivity contribution in [1.82, 2.24) is 30.7 Å². The van der Waals surface area contributed by atoms with E-state index in [1.165, 1.54) is 10.9 Å². The summed E-state index contributed by atoms with van der Waals surface area (Å²) in [6.07, 6.45) is 1.39. The Bertz CT molecular complexity index is 1280. The van der Waals surface area contributed by atoms with E-state index in [9.17, 15) is 4.79 Å². The van der Waals surface area contributed by atoms with Crippen molar-refractivity contribution in [2.75, 3.05) is 5.73 Å². The minimum atomic E-state index is -0.599. The Kier molecular flexibility index (Phi) is 5.65. The number of rotatable bonds is 5. The van der Waals surface area contributed by atoms with Crippen LogP contribution in [0.4, 0.5) is 5.82 Å². The topological polar surface area (TPSA) is 137 Å². The number of hydrogen-bond donors (Lipinski definition) is 2. The Hall–Kier alpha value is -3.76. The Morgan fingerprint density at radius 2 is 1.97 bits per heavy atom. The molecule has 3 N–H and O–H groups in total. The van der Waals surface area contributed by atoms with E-state index in [4.69, 9.17) is 28.9 Å². The molecule has 0 fully saturated rings. The van der Waals surface area contributed by atoms with E-state index in [1.54, 1.807) is 18.2 Å². The third kappa shape index (κ3) is 4.25.